The molecule has 0 aliphatic carbocycles. The lowest BCUT2D eigenvalue weighted by molar-refractivity contribution is -0.145. The number of amides is 2. The van der Waals surface area contributed by atoms with Gasteiger partial charge in [-0.25, -0.2) is 9.59 Å². The Morgan fingerprint density at radius 3 is 2.35 bits per heavy atom. The number of hydrogen-bond acceptors (Lipinski definition) is 3. The second-order valence-corrected chi connectivity index (χ2v) is 5.65. The third kappa shape index (κ3) is 4.11. The van der Waals surface area contributed by atoms with Gasteiger partial charge in [-0.15, -0.1) is 0 Å². The van der Waals surface area contributed by atoms with Crippen LogP contribution >= 0.6 is 0 Å². The van der Waals surface area contributed by atoms with Gasteiger partial charge in [-0.3, -0.25) is 4.79 Å². The van der Waals surface area contributed by atoms with E-state index in [1.165, 1.54) is 0 Å². The minimum Gasteiger partial charge on any atom is -0.481 e. The summed E-state index contributed by atoms with van der Waals surface area (Å²) in [6, 6.07) is -1.91. The molecule has 4 atom stereocenters. The maximum absolute atomic E-state index is 12.2. The summed E-state index contributed by atoms with van der Waals surface area (Å²) < 4.78 is 0. The molecule has 2 amide bonds. The van der Waals surface area contributed by atoms with Crippen molar-refractivity contribution in [3.05, 3.63) is 0 Å². The summed E-state index contributed by atoms with van der Waals surface area (Å²) in [5.41, 5.74) is 0. The summed E-state index contributed by atoms with van der Waals surface area (Å²) in [6.45, 7) is 6.56. The summed E-state index contributed by atoms with van der Waals surface area (Å²) >= 11 is 0. The molecule has 0 aromatic carbocycles. The Balaban J connectivity index is 2.72. The van der Waals surface area contributed by atoms with E-state index < -0.39 is 30.4 Å². The fourth-order valence-corrected chi connectivity index (χ4v) is 2.59. The van der Waals surface area contributed by atoms with Crippen molar-refractivity contribution in [1.82, 2.24) is 10.2 Å². The van der Waals surface area contributed by atoms with Crippen LogP contribution < -0.4 is 5.32 Å². The number of aliphatic carboxylic acids is 2. The summed E-state index contributed by atoms with van der Waals surface area (Å²) in [5.74, 6) is -1.93. The van der Waals surface area contributed by atoms with Gasteiger partial charge >= 0.3 is 18.0 Å². The highest BCUT2D eigenvalue weighted by Crippen LogP contribution is 2.26. The van der Waals surface area contributed by atoms with E-state index in [1.807, 2.05) is 20.8 Å². The highest BCUT2D eigenvalue weighted by atomic mass is 16.4. The van der Waals surface area contributed by atoms with E-state index in [4.69, 9.17) is 10.2 Å². The van der Waals surface area contributed by atoms with E-state index in [-0.39, 0.29) is 6.04 Å². The fourth-order valence-electron chi connectivity index (χ4n) is 2.59. The zero-order valence-corrected chi connectivity index (χ0v) is 12.0. The number of hydrogen-bond donors (Lipinski definition) is 3. The molecule has 1 fully saturated rings. The molecule has 0 spiro atoms. The van der Waals surface area contributed by atoms with Crippen molar-refractivity contribution in [2.75, 3.05) is 6.54 Å². The summed E-state index contributed by atoms with van der Waals surface area (Å²) in [6.07, 6.45) is 0.386. The summed E-state index contributed by atoms with van der Waals surface area (Å²) in [5, 5.41) is 19.9. The van der Waals surface area contributed by atoms with E-state index in [0.717, 1.165) is 6.42 Å². The number of carbonyl (C=O) groups is 3. The van der Waals surface area contributed by atoms with Crippen molar-refractivity contribution < 1.29 is 24.6 Å². The minimum absolute atomic E-state index is 0.00507. The average Bonchev–Trinajstić information content (AvgIpc) is 2.32. The van der Waals surface area contributed by atoms with Crippen molar-refractivity contribution >= 4 is 18.0 Å². The highest BCUT2D eigenvalue weighted by Gasteiger charge is 2.34. The lowest BCUT2D eigenvalue weighted by Crippen LogP contribution is -2.55. The van der Waals surface area contributed by atoms with E-state index in [0.29, 0.717) is 18.4 Å². The molecule has 0 bridgehead atoms. The van der Waals surface area contributed by atoms with Crippen molar-refractivity contribution in [2.45, 2.75) is 45.7 Å². The molecule has 0 aromatic heterocycles. The standard InChI is InChI=1S/C13H22N2O5/c1-7-4-8(2)9(3)15(6-7)13(20)14-10(12(18)19)5-11(16)17/h7-10H,4-6H2,1-3H3,(H,14,20)(H,16,17)(H,18,19)/t7?,8?,9?,10-/m1/s1. The Kier molecular flexibility index (Phi) is 5.35. The monoisotopic (exact) mass is 286 g/mol. The first-order valence-corrected chi connectivity index (χ1v) is 6.74. The van der Waals surface area contributed by atoms with E-state index in [2.05, 4.69) is 5.32 Å². The lowest BCUT2D eigenvalue weighted by Gasteiger charge is -2.41. The Labute approximate surface area is 117 Å². The zero-order valence-electron chi connectivity index (χ0n) is 12.0. The molecule has 7 heteroatoms. The predicted molar refractivity (Wildman–Crippen MR) is 71.3 cm³/mol. The molecule has 3 N–H and O–H groups in total. The Morgan fingerprint density at radius 1 is 1.25 bits per heavy atom. The number of urea groups is 1. The van der Waals surface area contributed by atoms with Crippen LogP contribution in [0.1, 0.15) is 33.6 Å². The molecule has 1 rings (SSSR count). The molecule has 1 heterocycles. The molecular formula is C13H22N2O5. The van der Waals surface area contributed by atoms with Gasteiger partial charge in [0.1, 0.15) is 6.04 Å². The molecular weight excluding hydrogens is 264 g/mol. The molecule has 1 aliphatic heterocycles. The van der Waals surface area contributed by atoms with Crippen LogP contribution in [0.15, 0.2) is 0 Å². The molecule has 114 valence electrons. The average molecular weight is 286 g/mol. The zero-order chi connectivity index (χ0) is 15.4. The van der Waals surface area contributed by atoms with E-state index >= 15 is 0 Å². The van der Waals surface area contributed by atoms with Gasteiger partial charge in [0.05, 0.1) is 6.42 Å². The number of carboxylic acids is 2. The molecule has 20 heavy (non-hydrogen) atoms. The molecule has 0 saturated carbocycles. The maximum atomic E-state index is 12.2. The highest BCUT2D eigenvalue weighted by molar-refractivity contribution is 5.86. The van der Waals surface area contributed by atoms with Crippen molar-refractivity contribution in [3.8, 4) is 0 Å². The van der Waals surface area contributed by atoms with Gasteiger partial charge in [0.25, 0.3) is 0 Å². The first-order valence-electron chi connectivity index (χ1n) is 6.74. The van der Waals surface area contributed by atoms with Crippen molar-refractivity contribution in [3.63, 3.8) is 0 Å². The Hall–Kier alpha value is -1.79. The molecule has 3 unspecified atom stereocenters. The normalized spacial score (nSPS) is 27.8. The topological polar surface area (TPSA) is 107 Å². The third-order valence-corrected chi connectivity index (χ3v) is 3.83. The SMILES string of the molecule is CC1CC(C)C(C)N(C(=O)N[C@H](CC(=O)O)C(=O)O)C1. The number of piperidine rings is 1. The van der Waals surface area contributed by atoms with Gasteiger partial charge in [-0.2, -0.15) is 0 Å². The second kappa shape index (κ2) is 6.58. The van der Waals surface area contributed by atoms with Gasteiger partial charge in [0.2, 0.25) is 0 Å². The Bertz CT molecular complexity index is 398. The van der Waals surface area contributed by atoms with Crippen LogP contribution in [0.5, 0.6) is 0 Å². The lowest BCUT2D eigenvalue weighted by atomic mass is 9.86. The molecule has 1 saturated heterocycles. The smallest absolute Gasteiger partial charge is 0.326 e. The number of rotatable bonds is 4. The molecule has 0 aromatic rings. The number of carboxylic acid groups (broad SMARTS) is 2. The van der Waals surface area contributed by atoms with Gasteiger partial charge in [0, 0.05) is 12.6 Å². The third-order valence-electron chi connectivity index (χ3n) is 3.83. The van der Waals surface area contributed by atoms with Crippen LogP contribution in [0.3, 0.4) is 0 Å². The Morgan fingerprint density at radius 2 is 1.85 bits per heavy atom. The van der Waals surface area contributed by atoms with Crippen LogP contribution in [0.4, 0.5) is 4.79 Å². The predicted octanol–water partition coefficient (Wildman–Crippen LogP) is 0.990. The van der Waals surface area contributed by atoms with Crippen LogP contribution in [0.2, 0.25) is 0 Å². The number of likely N-dealkylation sites (tertiary alicyclic amines) is 1. The quantitative estimate of drug-likeness (QED) is 0.714. The van der Waals surface area contributed by atoms with Crippen molar-refractivity contribution in [1.29, 1.82) is 0 Å². The van der Waals surface area contributed by atoms with Gasteiger partial charge in [0.15, 0.2) is 0 Å². The molecule has 7 nitrogen and oxygen atoms in total. The number of nitrogens with zero attached hydrogens (tertiary/aromatic N) is 1. The minimum atomic E-state index is -1.40. The fraction of sp³-hybridized carbons (Fsp3) is 0.769. The maximum Gasteiger partial charge on any atom is 0.326 e. The van der Waals surface area contributed by atoms with E-state index in [9.17, 15) is 14.4 Å². The van der Waals surface area contributed by atoms with Crippen LogP contribution in [0.25, 0.3) is 0 Å². The van der Waals surface area contributed by atoms with E-state index in [1.54, 1.807) is 4.90 Å². The summed E-state index contributed by atoms with van der Waals surface area (Å²) in [4.78, 5) is 35.3. The first kappa shape index (κ1) is 16.3. The van der Waals surface area contributed by atoms with Crippen molar-refractivity contribution in [2.24, 2.45) is 11.8 Å². The number of carbonyl (C=O) groups excluding carboxylic acids is 1. The van der Waals surface area contributed by atoms with Crippen LogP contribution in [-0.2, 0) is 9.59 Å². The molecule has 1 aliphatic rings. The summed E-state index contributed by atoms with van der Waals surface area (Å²) in [7, 11) is 0. The second-order valence-electron chi connectivity index (χ2n) is 5.65. The largest absolute Gasteiger partial charge is 0.481 e. The number of nitrogens with one attached hydrogen (secondary N) is 1. The van der Waals surface area contributed by atoms with Crippen LogP contribution in [0, 0.1) is 11.8 Å². The molecule has 0 radical (unpaired) electrons. The van der Waals surface area contributed by atoms with Gasteiger partial charge in [-0.1, -0.05) is 13.8 Å². The van der Waals surface area contributed by atoms with Crippen LogP contribution in [-0.4, -0.2) is 51.7 Å². The van der Waals surface area contributed by atoms with Gasteiger partial charge in [-0.05, 0) is 25.2 Å². The van der Waals surface area contributed by atoms with Gasteiger partial charge < -0.3 is 20.4 Å². The first-order chi connectivity index (χ1) is 9.22.